The second kappa shape index (κ2) is 6.97. The van der Waals surface area contributed by atoms with Crippen LogP contribution in [0.25, 0.3) is 0 Å². The number of carbonyl (C=O) groups is 2. The minimum atomic E-state index is -1.18. The molecule has 15 heavy (non-hydrogen) atoms. The molecule has 0 bridgehead atoms. The Kier molecular flexibility index (Phi) is 6.32. The van der Waals surface area contributed by atoms with E-state index in [-0.39, 0.29) is 18.6 Å². The largest absolute Gasteiger partial charge is 0.481 e. The molecule has 0 heterocycles. The number of ether oxygens (including phenoxy) is 1. The Bertz CT molecular complexity index is 247. The van der Waals surface area contributed by atoms with Crippen molar-refractivity contribution >= 4 is 11.9 Å². The molecule has 0 aliphatic heterocycles. The summed E-state index contributed by atoms with van der Waals surface area (Å²) in [6, 6.07) is 0. The van der Waals surface area contributed by atoms with Crippen LogP contribution in [-0.2, 0) is 14.3 Å². The number of hydrogen-bond donors (Lipinski definition) is 3. The number of carbonyl (C=O) groups excluding carboxylic acids is 1. The van der Waals surface area contributed by atoms with Gasteiger partial charge in [-0.25, -0.2) is 4.79 Å². The van der Waals surface area contributed by atoms with E-state index >= 15 is 0 Å². The second-order valence-corrected chi connectivity index (χ2v) is 2.90. The molecule has 6 nitrogen and oxygen atoms in total. The molecule has 0 aromatic heterocycles. The number of carboxylic acids is 1. The molecule has 0 aliphatic rings. The summed E-state index contributed by atoms with van der Waals surface area (Å²) in [5, 5.41) is 25.7. The van der Waals surface area contributed by atoms with Gasteiger partial charge in [0.05, 0.1) is 13.0 Å². The van der Waals surface area contributed by atoms with Crippen molar-refractivity contribution in [1.29, 1.82) is 0 Å². The van der Waals surface area contributed by atoms with Gasteiger partial charge in [0.1, 0.15) is 6.10 Å². The number of rotatable bonds is 7. The summed E-state index contributed by atoms with van der Waals surface area (Å²) >= 11 is 0. The van der Waals surface area contributed by atoms with Gasteiger partial charge >= 0.3 is 11.9 Å². The molecule has 1 unspecified atom stereocenters. The van der Waals surface area contributed by atoms with Crippen LogP contribution >= 0.6 is 0 Å². The lowest BCUT2D eigenvalue weighted by atomic mass is 10.2. The van der Waals surface area contributed by atoms with Crippen molar-refractivity contribution in [2.45, 2.75) is 18.9 Å². The monoisotopic (exact) mass is 218 g/mol. The SMILES string of the molecule is C=C(CC(=O)O)C(=O)OC(CO)CCO. The summed E-state index contributed by atoms with van der Waals surface area (Å²) in [4.78, 5) is 21.4. The van der Waals surface area contributed by atoms with Crippen LogP contribution in [0.4, 0.5) is 0 Å². The van der Waals surface area contributed by atoms with E-state index in [0.29, 0.717) is 0 Å². The third kappa shape index (κ3) is 5.82. The Morgan fingerprint density at radius 3 is 2.33 bits per heavy atom. The van der Waals surface area contributed by atoms with E-state index in [0.717, 1.165) is 0 Å². The molecule has 0 radical (unpaired) electrons. The van der Waals surface area contributed by atoms with Gasteiger partial charge in [-0.15, -0.1) is 0 Å². The summed E-state index contributed by atoms with van der Waals surface area (Å²) in [6.07, 6.45) is -1.23. The van der Waals surface area contributed by atoms with E-state index in [1.807, 2.05) is 0 Å². The van der Waals surface area contributed by atoms with Gasteiger partial charge in [0.25, 0.3) is 0 Å². The van der Waals surface area contributed by atoms with E-state index < -0.39 is 31.1 Å². The lowest BCUT2D eigenvalue weighted by Gasteiger charge is -2.14. The molecule has 0 fully saturated rings. The van der Waals surface area contributed by atoms with Crippen LogP contribution in [0.3, 0.4) is 0 Å². The van der Waals surface area contributed by atoms with E-state index in [1.54, 1.807) is 0 Å². The number of aliphatic carboxylic acids is 1. The maximum absolute atomic E-state index is 11.1. The predicted molar refractivity (Wildman–Crippen MR) is 50.1 cm³/mol. The fraction of sp³-hybridized carbons (Fsp3) is 0.556. The van der Waals surface area contributed by atoms with E-state index in [1.165, 1.54) is 0 Å². The molecule has 0 spiro atoms. The van der Waals surface area contributed by atoms with Gasteiger partial charge in [0.15, 0.2) is 0 Å². The fourth-order valence-corrected chi connectivity index (χ4v) is 0.821. The van der Waals surface area contributed by atoms with E-state index in [4.69, 9.17) is 20.1 Å². The number of hydrogen-bond acceptors (Lipinski definition) is 5. The first-order valence-corrected chi connectivity index (χ1v) is 4.33. The minimum Gasteiger partial charge on any atom is -0.481 e. The number of aliphatic hydroxyl groups is 2. The average molecular weight is 218 g/mol. The highest BCUT2D eigenvalue weighted by atomic mass is 16.6. The predicted octanol–water partition coefficient (Wildman–Crippen LogP) is -0.696. The average Bonchev–Trinajstić information content (AvgIpc) is 2.15. The topological polar surface area (TPSA) is 104 Å². The van der Waals surface area contributed by atoms with Gasteiger partial charge in [-0.2, -0.15) is 0 Å². The van der Waals surface area contributed by atoms with Crippen LogP contribution in [0.1, 0.15) is 12.8 Å². The van der Waals surface area contributed by atoms with Crippen LogP contribution in [0.15, 0.2) is 12.2 Å². The zero-order valence-electron chi connectivity index (χ0n) is 8.18. The van der Waals surface area contributed by atoms with Crippen LogP contribution in [0.5, 0.6) is 0 Å². The molecule has 0 aromatic rings. The van der Waals surface area contributed by atoms with Gasteiger partial charge in [-0.3, -0.25) is 4.79 Å². The number of esters is 1. The molecular weight excluding hydrogens is 204 g/mol. The Balaban J connectivity index is 4.09. The highest BCUT2D eigenvalue weighted by Crippen LogP contribution is 2.05. The van der Waals surface area contributed by atoms with Gasteiger partial charge in [0, 0.05) is 18.6 Å². The van der Waals surface area contributed by atoms with E-state index in [2.05, 4.69) is 6.58 Å². The Morgan fingerprint density at radius 1 is 1.33 bits per heavy atom. The van der Waals surface area contributed by atoms with Crippen molar-refractivity contribution in [3.63, 3.8) is 0 Å². The Hall–Kier alpha value is -1.40. The van der Waals surface area contributed by atoms with Gasteiger partial charge < -0.3 is 20.1 Å². The van der Waals surface area contributed by atoms with Crippen molar-refractivity contribution < 1.29 is 29.6 Å². The van der Waals surface area contributed by atoms with Crippen LogP contribution in [0, 0.1) is 0 Å². The molecule has 0 rings (SSSR count). The molecule has 0 saturated carbocycles. The Morgan fingerprint density at radius 2 is 1.93 bits per heavy atom. The number of aliphatic hydroxyl groups excluding tert-OH is 2. The quantitative estimate of drug-likeness (QED) is 0.385. The molecule has 1 atom stereocenters. The van der Waals surface area contributed by atoms with Crippen LogP contribution in [-0.4, -0.2) is 46.6 Å². The zero-order valence-corrected chi connectivity index (χ0v) is 8.18. The number of carboxylic acid groups (broad SMARTS) is 1. The molecule has 0 aromatic carbocycles. The lowest BCUT2D eigenvalue weighted by molar-refractivity contribution is -0.149. The molecular formula is C9H14O6. The molecule has 0 saturated heterocycles. The highest BCUT2D eigenvalue weighted by molar-refractivity contribution is 5.92. The maximum Gasteiger partial charge on any atom is 0.334 e. The molecule has 86 valence electrons. The fourth-order valence-electron chi connectivity index (χ4n) is 0.821. The van der Waals surface area contributed by atoms with Crippen molar-refractivity contribution in [1.82, 2.24) is 0 Å². The minimum absolute atomic E-state index is 0.0998. The smallest absolute Gasteiger partial charge is 0.334 e. The van der Waals surface area contributed by atoms with Crippen molar-refractivity contribution in [3.8, 4) is 0 Å². The van der Waals surface area contributed by atoms with Gasteiger partial charge in [0.2, 0.25) is 0 Å². The second-order valence-electron chi connectivity index (χ2n) is 2.90. The molecule has 6 heteroatoms. The van der Waals surface area contributed by atoms with Crippen LogP contribution < -0.4 is 0 Å². The first-order valence-electron chi connectivity index (χ1n) is 4.33. The van der Waals surface area contributed by atoms with Crippen molar-refractivity contribution in [2.75, 3.05) is 13.2 Å². The van der Waals surface area contributed by atoms with E-state index in [9.17, 15) is 9.59 Å². The summed E-state index contributed by atoms with van der Waals surface area (Å²) in [5.41, 5.74) is -0.195. The first kappa shape index (κ1) is 13.6. The van der Waals surface area contributed by atoms with Crippen molar-refractivity contribution in [2.24, 2.45) is 0 Å². The van der Waals surface area contributed by atoms with Crippen LogP contribution in [0.2, 0.25) is 0 Å². The molecule has 0 aliphatic carbocycles. The summed E-state index contributed by atoms with van der Waals surface area (Å²) in [7, 11) is 0. The summed E-state index contributed by atoms with van der Waals surface area (Å²) < 4.78 is 4.69. The third-order valence-electron chi connectivity index (χ3n) is 1.58. The highest BCUT2D eigenvalue weighted by Gasteiger charge is 2.17. The summed E-state index contributed by atoms with van der Waals surface area (Å²) in [6.45, 7) is 2.59. The lowest BCUT2D eigenvalue weighted by Crippen LogP contribution is -2.24. The third-order valence-corrected chi connectivity index (χ3v) is 1.58. The Labute approximate surface area is 86.8 Å². The standard InChI is InChI=1S/C9H14O6/c1-6(4-8(12)13)9(14)15-7(5-11)2-3-10/h7,10-11H,1-5H2,(H,12,13). The van der Waals surface area contributed by atoms with Gasteiger partial charge in [-0.05, 0) is 0 Å². The normalized spacial score (nSPS) is 11.9. The zero-order chi connectivity index (χ0) is 11.8. The van der Waals surface area contributed by atoms with Gasteiger partial charge in [-0.1, -0.05) is 6.58 Å². The summed E-state index contributed by atoms with van der Waals surface area (Å²) in [5.74, 6) is -2.05. The molecule has 0 amide bonds. The maximum atomic E-state index is 11.1. The first-order chi connectivity index (χ1) is 7.01. The van der Waals surface area contributed by atoms with Crippen molar-refractivity contribution in [3.05, 3.63) is 12.2 Å². The molecule has 3 N–H and O–H groups in total.